The monoisotopic (exact) mass is 395 g/mol. The third kappa shape index (κ3) is 5.58. The summed E-state index contributed by atoms with van der Waals surface area (Å²) >= 11 is 0. The highest BCUT2D eigenvalue weighted by Crippen LogP contribution is 2.37. The van der Waals surface area contributed by atoms with Gasteiger partial charge in [0.25, 0.3) is 5.91 Å². The molecule has 1 aliphatic rings. The molecule has 1 saturated heterocycles. The summed E-state index contributed by atoms with van der Waals surface area (Å²) in [7, 11) is 0. The van der Waals surface area contributed by atoms with Crippen LogP contribution in [0.5, 0.6) is 0 Å². The normalized spacial score (nSPS) is 16.4. The van der Waals surface area contributed by atoms with Crippen LogP contribution >= 0.6 is 0 Å². The van der Waals surface area contributed by atoms with Crippen molar-refractivity contribution in [1.29, 1.82) is 0 Å². The van der Waals surface area contributed by atoms with Crippen molar-refractivity contribution in [2.75, 3.05) is 38.1 Å². The summed E-state index contributed by atoms with van der Waals surface area (Å²) in [5.41, 5.74) is 7.93. The standard InChI is InChI=1S/C24H33N3O2/c1-2-3-19-29-24(20-9-5-4-6-10-20)13-16-27(17-14-24)18-15-26-22-12-8-7-11-21(22)23(25)28/h4-12,26H,2-3,13-19H2,1H3,(H2,25,28). The lowest BCUT2D eigenvalue weighted by Gasteiger charge is -2.42. The van der Waals surface area contributed by atoms with Crippen molar-refractivity contribution >= 4 is 11.6 Å². The van der Waals surface area contributed by atoms with Crippen LogP contribution in [0.3, 0.4) is 0 Å². The Labute approximate surface area is 174 Å². The van der Waals surface area contributed by atoms with Crippen LogP contribution < -0.4 is 11.1 Å². The molecule has 0 aliphatic carbocycles. The summed E-state index contributed by atoms with van der Waals surface area (Å²) < 4.78 is 6.47. The van der Waals surface area contributed by atoms with E-state index in [1.165, 1.54) is 5.56 Å². The molecule has 0 saturated carbocycles. The van der Waals surface area contributed by atoms with Gasteiger partial charge in [0.2, 0.25) is 0 Å². The van der Waals surface area contributed by atoms with Crippen LogP contribution in [0.1, 0.15) is 48.5 Å². The highest BCUT2D eigenvalue weighted by molar-refractivity contribution is 5.98. The van der Waals surface area contributed by atoms with E-state index in [4.69, 9.17) is 10.5 Å². The second-order valence-corrected chi connectivity index (χ2v) is 7.74. The van der Waals surface area contributed by atoms with Gasteiger partial charge in [-0.25, -0.2) is 0 Å². The molecule has 0 atom stereocenters. The van der Waals surface area contributed by atoms with Gasteiger partial charge in [0.15, 0.2) is 0 Å². The van der Waals surface area contributed by atoms with Gasteiger partial charge in [-0.1, -0.05) is 55.8 Å². The Hall–Kier alpha value is -2.37. The molecule has 29 heavy (non-hydrogen) atoms. The van der Waals surface area contributed by atoms with E-state index < -0.39 is 5.91 Å². The molecule has 0 radical (unpaired) electrons. The second kappa shape index (κ2) is 10.4. The summed E-state index contributed by atoms with van der Waals surface area (Å²) in [6.07, 6.45) is 4.24. The average Bonchev–Trinajstić information content (AvgIpc) is 2.76. The van der Waals surface area contributed by atoms with Gasteiger partial charge in [-0.3, -0.25) is 4.79 Å². The number of piperidine rings is 1. The number of nitrogens with two attached hydrogens (primary N) is 1. The van der Waals surface area contributed by atoms with Gasteiger partial charge in [0.1, 0.15) is 0 Å². The van der Waals surface area contributed by atoms with Gasteiger partial charge >= 0.3 is 0 Å². The maximum absolute atomic E-state index is 11.6. The zero-order valence-electron chi connectivity index (χ0n) is 17.4. The number of hydrogen-bond acceptors (Lipinski definition) is 4. The molecule has 2 aromatic rings. The summed E-state index contributed by atoms with van der Waals surface area (Å²) in [6, 6.07) is 18.1. The van der Waals surface area contributed by atoms with E-state index in [2.05, 4.69) is 47.5 Å². The van der Waals surface area contributed by atoms with Crippen molar-refractivity contribution in [2.45, 2.75) is 38.2 Å². The fourth-order valence-corrected chi connectivity index (χ4v) is 4.01. The minimum atomic E-state index is -0.400. The van der Waals surface area contributed by atoms with Gasteiger partial charge in [0, 0.05) is 38.5 Å². The summed E-state index contributed by atoms with van der Waals surface area (Å²) in [5.74, 6) is -0.400. The van der Waals surface area contributed by atoms with Crippen molar-refractivity contribution < 1.29 is 9.53 Å². The molecule has 1 amide bonds. The van der Waals surface area contributed by atoms with Gasteiger partial charge < -0.3 is 20.7 Å². The Morgan fingerprint density at radius 3 is 2.48 bits per heavy atom. The van der Waals surface area contributed by atoms with E-state index in [9.17, 15) is 4.79 Å². The number of amides is 1. The van der Waals surface area contributed by atoms with E-state index in [-0.39, 0.29) is 5.60 Å². The molecule has 1 heterocycles. The lowest BCUT2D eigenvalue weighted by molar-refractivity contribution is -0.0902. The number of hydrogen-bond donors (Lipinski definition) is 2. The van der Waals surface area contributed by atoms with Crippen molar-refractivity contribution in [3.8, 4) is 0 Å². The number of para-hydroxylation sites is 1. The molecule has 0 unspecified atom stereocenters. The van der Waals surface area contributed by atoms with E-state index in [1.54, 1.807) is 6.07 Å². The summed E-state index contributed by atoms with van der Waals surface area (Å²) in [4.78, 5) is 14.0. The molecule has 0 bridgehead atoms. The Morgan fingerprint density at radius 1 is 1.10 bits per heavy atom. The number of rotatable bonds is 10. The van der Waals surface area contributed by atoms with Crippen LogP contribution in [0.2, 0.25) is 0 Å². The smallest absolute Gasteiger partial charge is 0.250 e. The summed E-state index contributed by atoms with van der Waals surface area (Å²) in [5, 5.41) is 3.36. The number of nitrogens with one attached hydrogen (secondary N) is 1. The Morgan fingerprint density at radius 2 is 1.79 bits per heavy atom. The first-order valence-corrected chi connectivity index (χ1v) is 10.7. The SMILES string of the molecule is CCCCOC1(c2ccccc2)CCN(CCNc2ccccc2C(N)=O)CC1. The molecule has 2 aromatic carbocycles. The average molecular weight is 396 g/mol. The number of ether oxygens (including phenoxy) is 1. The number of likely N-dealkylation sites (tertiary alicyclic amines) is 1. The second-order valence-electron chi connectivity index (χ2n) is 7.74. The lowest BCUT2D eigenvalue weighted by atomic mass is 9.84. The first-order chi connectivity index (χ1) is 14.1. The third-order valence-electron chi connectivity index (χ3n) is 5.78. The predicted molar refractivity (Wildman–Crippen MR) is 118 cm³/mol. The van der Waals surface area contributed by atoms with Crippen molar-refractivity contribution in [2.24, 2.45) is 5.73 Å². The minimum Gasteiger partial charge on any atom is -0.383 e. The van der Waals surface area contributed by atoms with Crippen LogP contribution in [-0.2, 0) is 10.3 Å². The number of anilines is 1. The van der Waals surface area contributed by atoms with Gasteiger partial charge in [-0.2, -0.15) is 0 Å². The van der Waals surface area contributed by atoms with Crippen LogP contribution in [0.25, 0.3) is 0 Å². The molecular formula is C24H33N3O2. The van der Waals surface area contributed by atoms with E-state index in [0.29, 0.717) is 5.56 Å². The topological polar surface area (TPSA) is 67.6 Å². The zero-order valence-corrected chi connectivity index (χ0v) is 17.4. The first-order valence-electron chi connectivity index (χ1n) is 10.7. The van der Waals surface area contributed by atoms with Crippen molar-refractivity contribution in [1.82, 2.24) is 4.90 Å². The van der Waals surface area contributed by atoms with Crippen LogP contribution in [0.15, 0.2) is 54.6 Å². The van der Waals surface area contributed by atoms with Crippen LogP contribution in [-0.4, -0.2) is 43.6 Å². The molecule has 0 spiro atoms. The lowest BCUT2D eigenvalue weighted by Crippen LogP contribution is -2.45. The minimum absolute atomic E-state index is 0.168. The summed E-state index contributed by atoms with van der Waals surface area (Å²) in [6.45, 7) is 6.72. The number of carbonyl (C=O) groups excluding carboxylic acids is 1. The van der Waals surface area contributed by atoms with Crippen molar-refractivity contribution in [3.05, 3.63) is 65.7 Å². The highest BCUT2D eigenvalue weighted by atomic mass is 16.5. The Bertz CT molecular complexity index is 771. The van der Waals surface area contributed by atoms with E-state index >= 15 is 0 Å². The molecule has 1 aliphatic heterocycles. The first kappa shape index (κ1) is 21.3. The van der Waals surface area contributed by atoms with E-state index in [0.717, 1.165) is 64.2 Å². The Kier molecular flexibility index (Phi) is 7.67. The zero-order chi connectivity index (χ0) is 20.5. The quantitative estimate of drug-likeness (QED) is 0.597. The van der Waals surface area contributed by atoms with Crippen LogP contribution in [0.4, 0.5) is 5.69 Å². The highest BCUT2D eigenvalue weighted by Gasteiger charge is 2.36. The molecular weight excluding hydrogens is 362 g/mol. The van der Waals surface area contributed by atoms with E-state index in [1.807, 2.05) is 18.2 Å². The maximum atomic E-state index is 11.6. The number of benzene rings is 2. The fourth-order valence-electron chi connectivity index (χ4n) is 4.01. The van der Waals surface area contributed by atoms with Crippen molar-refractivity contribution in [3.63, 3.8) is 0 Å². The third-order valence-corrected chi connectivity index (χ3v) is 5.78. The predicted octanol–water partition coefficient (Wildman–Crippen LogP) is 4.01. The molecule has 156 valence electrons. The number of primary amides is 1. The molecule has 3 rings (SSSR count). The Balaban J connectivity index is 1.55. The number of nitrogens with zero attached hydrogens (tertiary/aromatic N) is 1. The van der Waals surface area contributed by atoms with Crippen LogP contribution in [0, 0.1) is 0 Å². The van der Waals surface area contributed by atoms with Gasteiger partial charge in [-0.15, -0.1) is 0 Å². The molecule has 5 nitrogen and oxygen atoms in total. The fraction of sp³-hybridized carbons (Fsp3) is 0.458. The van der Waals surface area contributed by atoms with Gasteiger partial charge in [0.05, 0.1) is 11.2 Å². The molecule has 0 aromatic heterocycles. The molecule has 3 N–H and O–H groups in total. The molecule has 1 fully saturated rings. The number of carbonyl (C=O) groups is 1. The number of unbranched alkanes of at least 4 members (excludes halogenated alkanes) is 1. The van der Waals surface area contributed by atoms with Gasteiger partial charge in [-0.05, 0) is 37.0 Å². The molecule has 5 heteroatoms. The largest absolute Gasteiger partial charge is 0.383 e. The maximum Gasteiger partial charge on any atom is 0.250 e.